The van der Waals surface area contributed by atoms with Crippen molar-refractivity contribution in [3.05, 3.63) is 83.8 Å². The Bertz CT molecular complexity index is 2090. The molecule has 287 valence electrons. The summed E-state index contributed by atoms with van der Waals surface area (Å²) in [6.07, 6.45) is 7.91. The zero-order valence-corrected chi connectivity index (χ0v) is 36.4. The van der Waals surface area contributed by atoms with Crippen LogP contribution in [0.4, 0.5) is 0 Å². The monoisotopic (exact) mass is 895 g/mol. The van der Waals surface area contributed by atoms with Gasteiger partial charge in [-0.2, -0.15) is 0 Å². The largest absolute Gasteiger partial charge is 0.512 e. The number of aromatic nitrogens is 1. The SMILES string of the molecule is CC(C)CC1c2c(ccc3oc4c(-c5[c-]c6ccccc6c(C(C)(C)C)c5)nccc4c23)OC1C.CCC(C)(CC)C(=O)/C=C(\O)C(C)(CC)CC.[Ir]. The van der Waals surface area contributed by atoms with Crippen LogP contribution >= 0.6 is 0 Å². The van der Waals surface area contributed by atoms with Crippen LogP contribution in [0, 0.1) is 22.8 Å². The minimum absolute atomic E-state index is 0. The van der Waals surface area contributed by atoms with Crippen LogP contribution in [0.5, 0.6) is 5.75 Å². The van der Waals surface area contributed by atoms with E-state index in [0.717, 1.165) is 71.0 Å². The first kappa shape index (κ1) is 42.3. The van der Waals surface area contributed by atoms with Crippen molar-refractivity contribution >= 4 is 38.5 Å². The second kappa shape index (κ2) is 16.5. The molecule has 1 radical (unpaired) electrons. The minimum Gasteiger partial charge on any atom is -0.512 e. The zero-order chi connectivity index (χ0) is 38.2. The van der Waals surface area contributed by atoms with Crippen molar-refractivity contribution in [2.24, 2.45) is 16.7 Å². The molecule has 5 nitrogen and oxygen atoms in total. The van der Waals surface area contributed by atoms with Crippen molar-refractivity contribution in [3.63, 3.8) is 0 Å². The van der Waals surface area contributed by atoms with Gasteiger partial charge in [0.25, 0.3) is 0 Å². The fraction of sp³-hybridized carbons (Fsp3) is 0.489. The number of rotatable bonds is 10. The van der Waals surface area contributed by atoms with E-state index in [4.69, 9.17) is 14.1 Å². The molecule has 0 spiro atoms. The molecule has 0 bridgehead atoms. The topological polar surface area (TPSA) is 72.6 Å². The average molecular weight is 895 g/mol. The number of hydrogen-bond acceptors (Lipinski definition) is 5. The molecular formula is C47H60IrNO4-. The summed E-state index contributed by atoms with van der Waals surface area (Å²) < 4.78 is 12.9. The Balaban J connectivity index is 0.000000299. The predicted octanol–water partition coefficient (Wildman–Crippen LogP) is 13.5. The second-order valence-corrected chi connectivity index (χ2v) is 16.9. The van der Waals surface area contributed by atoms with E-state index < -0.39 is 0 Å². The second-order valence-electron chi connectivity index (χ2n) is 16.9. The number of aliphatic hydroxyl groups excluding tert-OH is 1. The molecule has 0 saturated carbocycles. The molecule has 6 heteroatoms. The molecule has 6 rings (SSSR count). The van der Waals surface area contributed by atoms with Gasteiger partial charge in [0.05, 0.1) is 0 Å². The van der Waals surface area contributed by atoms with Gasteiger partial charge in [-0.3, -0.25) is 9.78 Å². The Labute approximate surface area is 331 Å². The van der Waals surface area contributed by atoms with E-state index >= 15 is 0 Å². The van der Waals surface area contributed by atoms with Gasteiger partial charge >= 0.3 is 0 Å². The van der Waals surface area contributed by atoms with Crippen LogP contribution in [0.3, 0.4) is 0 Å². The Hall–Kier alpha value is -3.47. The van der Waals surface area contributed by atoms with Crippen molar-refractivity contribution in [3.8, 4) is 17.0 Å². The molecule has 1 aliphatic heterocycles. The van der Waals surface area contributed by atoms with Crippen LogP contribution in [0.1, 0.15) is 132 Å². The third-order valence-corrected chi connectivity index (χ3v) is 12.0. The smallest absolute Gasteiger partial charge is 0.164 e. The van der Waals surface area contributed by atoms with Crippen molar-refractivity contribution in [1.29, 1.82) is 0 Å². The number of hydrogen-bond donors (Lipinski definition) is 1. The number of pyridine rings is 1. The van der Waals surface area contributed by atoms with Crippen molar-refractivity contribution in [2.45, 2.75) is 133 Å². The summed E-state index contributed by atoms with van der Waals surface area (Å²) in [4.78, 5) is 17.0. The maximum atomic E-state index is 12.2. The zero-order valence-electron chi connectivity index (χ0n) is 34.0. The Morgan fingerprint density at radius 3 is 2.17 bits per heavy atom. The normalized spacial score (nSPS) is 16.4. The maximum Gasteiger partial charge on any atom is 0.164 e. The average Bonchev–Trinajstić information content (AvgIpc) is 3.66. The molecule has 2 unspecified atom stereocenters. The first-order valence-corrected chi connectivity index (χ1v) is 19.4. The van der Waals surface area contributed by atoms with Gasteiger partial charge in [-0.1, -0.05) is 105 Å². The number of allylic oxidation sites excluding steroid dienone is 2. The van der Waals surface area contributed by atoms with E-state index in [-0.39, 0.29) is 54.0 Å². The van der Waals surface area contributed by atoms with Gasteiger partial charge in [0, 0.05) is 71.2 Å². The Kier molecular flexibility index (Phi) is 13.2. The number of ether oxygens (including phenoxy) is 1. The molecule has 1 aliphatic rings. The summed E-state index contributed by atoms with van der Waals surface area (Å²) in [5, 5.41) is 14.8. The molecule has 53 heavy (non-hydrogen) atoms. The number of aliphatic hydroxyl groups is 1. The van der Waals surface area contributed by atoms with Gasteiger partial charge < -0.3 is 14.3 Å². The fourth-order valence-electron chi connectivity index (χ4n) is 7.46. The van der Waals surface area contributed by atoms with E-state index in [1.54, 1.807) is 0 Å². The molecule has 3 aromatic carbocycles. The molecule has 3 heterocycles. The summed E-state index contributed by atoms with van der Waals surface area (Å²) in [5.74, 6) is 2.22. The minimum atomic E-state index is -0.337. The van der Waals surface area contributed by atoms with Gasteiger partial charge in [0.15, 0.2) is 5.78 Å². The summed E-state index contributed by atoms with van der Waals surface area (Å²) in [6.45, 7) is 25.6. The van der Waals surface area contributed by atoms with Crippen LogP contribution in [-0.2, 0) is 30.3 Å². The molecule has 2 aromatic heterocycles. The quantitative estimate of drug-likeness (QED) is 0.0859. The van der Waals surface area contributed by atoms with Gasteiger partial charge in [-0.15, -0.1) is 29.1 Å². The van der Waals surface area contributed by atoms with E-state index in [1.807, 2.05) is 53.8 Å². The third-order valence-electron chi connectivity index (χ3n) is 12.0. The number of carbonyl (C=O) groups excluding carboxylic acids is 1. The molecule has 2 atom stereocenters. The molecule has 0 aliphatic carbocycles. The molecule has 0 saturated heterocycles. The number of ketones is 1. The molecule has 1 N–H and O–H groups in total. The Morgan fingerprint density at radius 1 is 0.925 bits per heavy atom. The summed E-state index contributed by atoms with van der Waals surface area (Å²) in [5.41, 5.74) is 5.50. The van der Waals surface area contributed by atoms with Crippen molar-refractivity contribution in [1.82, 2.24) is 4.98 Å². The van der Waals surface area contributed by atoms with E-state index in [9.17, 15) is 9.90 Å². The van der Waals surface area contributed by atoms with E-state index in [2.05, 4.69) is 90.1 Å². The van der Waals surface area contributed by atoms with E-state index in [1.165, 1.54) is 28.0 Å². The number of nitrogens with zero attached hydrogens (tertiary/aromatic N) is 1. The summed E-state index contributed by atoms with van der Waals surface area (Å²) in [6, 6.07) is 20.6. The predicted molar refractivity (Wildman–Crippen MR) is 217 cm³/mol. The van der Waals surface area contributed by atoms with Crippen LogP contribution in [0.25, 0.3) is 44.0 Å². The summed E-state index contributed by atoms with van der Waals surface area (Å²) >= 11 is 0. The van der Waals surface area contributed by atoms with Crippen LogP contribution < -0.4 is 4.74 Å². The van der Waals surface area contributed by atoms with Crippen LogP contribution in [-0.4, -0.2) is 22.0 Å². The molecule has 0 amide bonds. The fourth-order valence-corrected chi connectivity index (χ4v) is 7.46. The van der Waals surface area contributed by atoms with Crippen LogP contribution in [0.15, 0.2) is 71.0 Å². The standard InChI is InChI=1S/C32H32NO2.C15H28O2.Ir/c1-18(2)15-24-19(3)34-26-11-12-27-28(29(24)26)23-13-14-33-30(31(23)35-27)21-16-20-9-7-8-10-22(20)25(17-21)32(4,5)6;1-7-14(5,8-2)12(16)11-13(17)15(6,9-3)10-4;/h7-14,17-19,24H,15H2,1-6H3;11,16H,7-10H2,1-6H3;/q-1;;/b;12-11-;. The van der Waals surface area contributed by atoms with E-state index in [0.29, 0.717) is 11.8 Å². The number of benzene rings is 3. The van der Waals surface area contributed by atoms with Gasteiger partial charge in [0.1, 0.15) is 28.8 Å². The maximum absolute atomic E-state index is 12.2. The Morgan fingerprint density at radius 2 is 1.57 bits per heavy atom. The van der Waals surface area contributed by atoms with Crippen molar-refractivity contribution < 1.29 is 39.2 Å². The molecular weight excluding hydrogens is 835 g/mol. The number of furan rings is 1. The first-order valence-electron chi connectivity index (χ1n) is 19.4. The number of carbonyl (C=O) groups is 1. The van der Waals surface area contributed by atoms with Crippen LogP contribution in [0.2, 0.25) is 0 Å². The van der Waals surface area contributed by atoms with Gasteiger partial charge in [-0.05, 0) is 68.6 Å². The van der Waals surface area contributed by atoms with Gasteiger partial charge in [0.2, 0.25) is 0 Å². The van der Waals surface area contributed by atoms with Crippen molar-refractivity contribution in [2.75, 3.05) is 0 Å². The van der Waals surface area contributed by atoms with Gasteiger partial charge in [-0.25, -0.2) is 0 Å². The summed E-state index contributed by atoms with van der Waals surface area (Å²) in [7, 11) is 0. The first-order chi connectivity index (χ1) is 24.5. The molecule has 5 aromatic rings. The molecule has 0 fully saturated rings. The number of fused-ring (bicyclic) bond motifs is 6. The third kappa shape index (κ3) is 8.30.